The van der Waals surface area contributed by atoms with Gasteiger partial charge in [0.15, 0.2) is 0 Å². The Kier molecular flexibility index (Phi) is 5.46. The highest BCUT2D eigenvalue weighted by atomic mass is 16.5. The van der Waals surface area contributed by atoms with Crippen molar-refractivity contribution in [2.45, 2.75) is 19.1 Å². The van der Waals surface area contributed by atoms with Crippen LogP contribution in [0.4, 0.5) is 10.5 Å². The van der Waals surface area contributed by atoms with Gasteiger partial charge in [-0.15, -0.1) is 0 Å². The minimum atomic E-state index is -0.498. The molecule has 0 radical (unpaired) electrons. The molecule has 2 atom stereocenters. The van der Waals surface area contributed by atoms with E-state index in [4.69, 9.17) is 4.74 Å². The number of nitrogens with one attached hydrogen (secondary N) is 1. The molecule has 1 aromatic rings. The molecule has 3 rings (SSSR count). The highest BCUT2D eigenvalue weighted by Crippen LogP contribution is 2.23. The third-order valence-corrected chi connectivity index (χ3v) is 5.21. The number of piperazine rings is 1. The van der Waals surface area contributed by atoms with Crippen molar-refractivity contribution >= 4 is 11.7 Å². The molecule has 2 saturated heterocycles. The minimum Gasteiger partial charge on any atom is -0.496 e. The van der Waals surface area contributed by atoms with Crippen LogP contribution in [0.1, 0.15) is 5.56 Å². The van der Waals surface area contributed by atoms with Gasteiger partial charge in [0.25, 0.3) is 0 Å². The van der Waals surface area contributed by atoms with Crippen molar-refractivity contribution < 1.29 is 14.6 Å². The minimum absolute atomic E-state index is 0.0204. The highest BCUT2D eigenvalue weighted by Gasteiger charge is 2.38. The van der Waals surface area contributed by atoms with Gasteiger partial charge in [-0.2, -0.15) is 0 Å². The van der Waals surface area contributed by atoms with Crippen molar-refractivity contribution in [2.24, 2.45) is 0 Å². The Hall–Kier alpha value is -1.83. The first-order chi connectivity index (χ1) is 12.0. The normalized spacial score (nSPS) is 25.2. The van der Waals surface area contributed by atoms with Gasteiger partial charge in [0.1, 0.15) is 5.75 Å². The van der Waals surface area contributed by atoms with Crippen LogP contribution < -0.4 is 10.1 Å². The average molecular weight is 348 g/mol. The zero-order valence-electron chi connectivity index (χ0n) is 15.2. The number of likely N-dealkylation sites (tertiary alicyclic amines) is 1. The van der Waals surface area contributed by atoms with Crippen molar-refractivity contribution in [3.8, 4) is 5.75 Å². The first kappa shape index (κ1) is 18.0. The molecule has 2 fully saturated rings. The Bertz CT molecular complexity index is 616. The van der Waals surface area contributed by atoms with Crippen LogP contribution in [0.15, 0.2) is 18.2 Å². The summed E-state index contributed by atoms with van der Waals surface area (Å²) in [6.45, 7) is 6.75. The number of β-amino-alcohol motifs (C(OH)–C–C–N with tert-alkyl or cyclic N) is 1. The van der Waals surface area contributed by atoms with E-state index >= 15 is 0 Å². The molecule has 7 heteroatoms. The smallest absolute Gasteiger partial charge is 0.321 e. The molecule has 2 N–H and O–H groups in total. The SMILES string of the molecule is COc1cc(NC(=O)N2C[C@H](O)[C@@H](N3CCN(C)CC3)C2)ccc1C. The molecule has 0 aliphatic carbocycles. The lowest BCUT2D eigenvalue weighted by atomic mass is 10.1. The molecular weight excluding hydrogens is 320 g/mol. The van der Waals surface area contributed by atoms with E-state index in [1.54, 1.807) is 12.0 Å². The predicted molar refractivity (Wildman–Crippen MR) is 97.2 cm³/mol. The second kappa shape index (κ2) is 7.59. The number of amides is 2. The number of hydrogen-bond donors (Lipinski definition) is 2. The van der Waals surface area contributed by atoms with Crippen LogP contribution in [0.25, 0.3) is 0 Å². The lowest BCUT2D eigenvalue weighted by Gasteiger charge is -2.37. The molecule has 138 valence electrons. The number of carbonyl (C=O) groups is 1. The zero-order valence-corrected chi connectivity index (χ0v) is 15.2. The largest absolute Gasteiger partial charge is 0.496 e. The molecule has 0 bridgehead atoms. The number of hydrogen-bond acceptors (Lipinski definition) is 5. The van der Waals surface area contributed by atoms with Crippen LogP contribution in [0.2, 0.25) is 0 Å². The average Bonchev–Trinajstić information content (AvgIpc) is 2.99. The van der Waals surface area contributed by atoms with Crippen molar-refractivity contribution in [1.82, 2.24) is 14.7 Å². The van der Waals surface area contributed by atoms with Gasteiger partial charge < -0.3 is 25.0 Å². The number of rotatable bonds is 3. The number of methoxy groups -OCH3 is 1. The Morgan fingerprint density at radius 2 is 1.96 bits per heavy atom. The second-order valence-electron chi connectivity index (χ2n) is 6.99. The fourth-order valence-corrected chi connectivity index (χ4v) is 3.55. The Labute approximate surface area is 149 Å². The summed E-state index contributed by atoms with van der Waals surface area (Å²) in [7, 11) is 3.73. The molecule has 2 amide bonds. The number of anilines is 1. The van der Waals surface area contributed by atoms with Crippen molar-refractivity contribution in [1.29, 1.82) is 0 Å². The Balaban J connectivity index is 1.60. The molecule has 7 nitrogen and oxygen atoms in total. The van der Waals surface area contributed by atoms with Gasteiger partial charge in [0.2, 0.25) is 0 Å². The summed E-state index contributed by atoms with van der Waals surface area (Å²) in [5.41, 5.74) is 1.72. The van der Waals surface area contributed by atoms with Crippen LogP contribution in [0.3, 0.4) is 0 Å². The molecule has 0 spiro atoms. The first-order valence-electron chi connectivity index (χ1n) is 8.79. The number of urea groups is 1. The number of aliphatic hydroxyl groups is 1. The van der Waals surface area contributed by atoms with Gasteiger partial charge in [0.05, 0.1) is 25.8 Å². The summed E-state index contributed by atoms with van der Waals surface area (Å²) in [4.78, 5) is 18.8. The zero-order chi connectivity index (χ0) is 18.0. The van der Waals surface area contributed by atoms with Gasteiger partial charge in [-0.3, -0.25) is 4.90 Å². The number of nitrogens with zero attached hydrogens (tertiary/aromatic N) is 3. The predicted octanol–water partition coefficient (Wildman–Crippen LogP) is 0.828. The highest BCUT2D eigenvalue weighted by molar-refractivity contribution is 5.90. The summed E-state index contributed by atoms with van der Waals surface area (Å²) < 4.78 is 5.30. The molecule has 2 heterocycles. The maximum Gasteiger partial charge on any atom is 0.321 e. The van der Waals surface area contributed by atoms with Crippen LogP contribution >= 0.6 is 0 Å². The van der Waals surface area contributed by atoms with Gasteiger partial charge in [0, 0.05) is 44.5 Å². The monoisotopic (exact) mass is 348 g/mol. The first-order valence-corrected chi connectivity index (χ1v) is 8.79. The van der Waals surface area contributed by atoms with Crippen LogP contribution in [0.5, 0.6) is 5.75 Å². The third kappa shape index (κ3) is 4.05. The number of aliphatic hydroxyl groups excluding tert-OH is 1. The van der Waals surface area contributed by atoms with E-state index in [0.717, 1.165) is 37.5 Å². The number of likely N-dealkylation sites (N-methyl/N-ethyl adjacent to an activating group) is 1. The van der Waals surface area contributed by atoms with Crippen molar-refractivity contribution in [2.75, 3.05) is 58.7 Å². The fourth-order valence-electron chi connectivity index (χ4n) is 3.55. The molecule has 2 aliphatic heterocycles. The molecule has 1 aromatic carbocycles. The maximum atomic E-state index is 12.6. The fraction of sp³-hybridized carbons (Fsp3) is 0.611. The van der Waals surface area contributed by atoms with E-state index in [9.17, 15) is 9.90 Å². The van der Waals surface area contributed by atoms with E-state index in [1.165, 1.54) is 0 Å². The topological polar surface area (TPSA) is 68.3 Å². The van der Waals surface area contributed by atoms with Crippen LogP contribution in [-0.2, 0) is 0 Å². The van der Waals surface area contributed by atoms with E-state index in [1.807, 2.05) is 25.1 Å². The van der Waals surface area contributed by atoms with E-state index < -0.39 is 6.10 Å². The number of aryl methyl sites for hydroxylation is 1. The molecule has 0 unspecified atom stereocenters. The summed E-state index contributed by atoms with van der Waals surface area (Å²) in [5.74, 6) is 0.745. The molecule has 0 saturated carbocycles. The summed E-state index contributed by atoms with van der Waals surface area (Å²) >= 11 is 0. The second-order valence-corrected chi connectivity index (χ2v) is 6.99. The summed E-state index contributed by atoms with van der Waals surface area (Å²) in [6.07, 6.45) is -0.498. The van der Waals surface area contributed by atoms with Gasteiger partial charge in [-0.05, 0) is 25.6 Å². The number of carbonyl (C=O) groups excluding carboxylic acids is 1. The maximum absolute atomic E-state index is 12.6. The van der Waals surface area contributed by atoms with E-state index in [0.29, 0.717) is 18.8 Å². The quantitative estimate of drug-likeness (QED) is 0.847. The molecule has 25 heavy (non-hydrogen) atoms. The van der Waals surface area contributed by atoms with Crippen LogP contribution in [0, 0.1) is 6.92 Å². The molecule has 0 aromatic heterocycles. The number of ether oxygens (including phenoxy) is 1. The van der Waals surface area contributed by atoms with Gasteiger partial charge >= 0.3 is 6.03 Å². The third-order valence-electron chi connectivity index (χ3n) is 5.21. The molecule has 2 aliphatic rings. The lowest BCUT2D eigenvalue weighted by Crippen LogP contribution is -2.52. The van der Waals surface area contributed by atoms with Gasteiger partial charge in [-0.25, -0.2) is 4.79 Å². The van der Waals surface area contributed by atoms with E-state index in [-0.39, 0.29) is 12.1 Å². The van der Waals surface area contributed by atoms with Crippen LogP contribution in [-0.4, -0.2) is 91.4 Å². The van der Waals surface area contributed by atoms with Crippen molar-refractivity contribution in [3.05, 3.63) is 23.8 Å². The lowest BCUT2D eigenvalue weighted by molar-refractivity contribution is 0.0512. The Morgan fingerprint density at radius 3 is 2.64 bits per heavy atom. The Morgan fingerprint density at radius 1 is 1.24 bits per heavy atom. The van der Waals surface area contributed by atoms with Gasteiger partial charge in [-0.1, -0.05) is 6.07 Å². The van der Waals surface area contributed by atoms with Crippen molar-refractivity contribution in [3.63, 3.8) is 0 Å². The van der Waals surface area contributed by atoms with E-state index in [2.05, 4.69) is 22.2 Å². The summed E-state index contributed by atoms with van der Waals surface area (Å²) in [6, 6.07) is 5.44. The molecular formula is C18H28N4O3. The number of benzene rings is 1. The standard InChI is InChI=1S/C18H28N4O3/c1-13-4-5-14(10-17(13)25-3)19-18(24)22-11-15(16(23)12-22)21-8-6-20(2)7-9-21/h4-5,10,15-16,23H,6-9,11-12H2,1-3H3,(H,19,24)/t15-,16-/m0/s1. The summed E-state index contributed by atoms with van der Waals surface area (Å²) in [5, 5.41) is 13.3.